The number of likely N-dealkylation sites (tertiary alicyclic amines) is 1. The van der Waals surface area contributed by atoms with E-state index in [0.29, 0.717) is 5.92 Å². The van der Waals surface area contributed by atoms with Crippen molar-refractivity contribution in [2.75, 3.05) is 13.1 Å². The molecule has 0 atom stereocenters. The van der Waals surface area contributed by atoms with E-state index in [9.17, 15) is 14.3 Å². The molecule has 0 unspecified atom stereocenters. The van der Waals surface area contributed by atoms with Gasteiger partial charge >= 0.3 is 0 Å². The average molecular weight is 319 g/mol. The molecule has 0 aromatic heterocycles. The van der Waals surface area contributed by atoms with Gasteiger partial charge in [-0.15, -0.1) is 0 Å². The molecule has 1 aliphatic heterocycles. The first-order chi connectivity index (χ1) is 11.1. The molecule has 0 bridgehead atoms. The van der Waals surface area contributed by atoms with Crippen molar-refractivity contribution in [3.05, 3.63) is 35.6 Å². The zero-order valence-corrected chi connectivity index (χ0v) is 13.6. The molecule has 1 amide bonds. The van der Waals surface area contributed by atoms with Crippen LogP contribution in [0.15, 0.2) is 24.3 Å². The predicted octanol–water partition coefficient (Wildman–Crippen LogP) is 3.62. The fourth-order valence-electron chi connectivity index (χ4n) is 3.98. The summed E-state index contributed by atoms with van der Waals surface area (Å²) in [6, 6.07) is 6.71. The van der Waals surface area contributed by atoms with E-state index in [-0.39, 0.29) is 18.1 Å². The van der Waals surface area contributed by atoms with Gasteiger partial charge in [0, 0.05) is 13.1 Å². The van der Waals surface area contributed by atoms with Crippen molar-refractivity contribution in [2.45, 2.75) is 62.9 Å². The fourth-order valence-corrected chi connectivity index (χ4v) is 3.98. The third kappa shape index (κ3) is 4.11. The lowest BCUT2D eigenvalue weighted by Gasteiger charge is -2.36. The van der Waals surface area contributed by atoms with E-state index < -0.39 is 5.60 Å². The number of rotatable bonds is 3. The Labute approximate surface area is 137 Å². The summed E-state index contributed by atoms with van der Waals surface area (Å²) in [5.41, 5.74) is 0.382. The molecule has 2 aliphatic rings. The number of halogens is 1. The van der Waals surface area contributed by atoms with Crippen LogP contribution in [0.2, 0.25) is 0 Å². The van der Waals surface area contributed by atoms with Gasteiger partial charge in [0.15, 0.2) is 0 Å². The molecule has 1 aliphatic carbocycles. The number of hydrogen-bond acceptors (Lipinski definition) is 2. The number of carbonyl (C=O) groups is 1. The number of carbonyl (C=O) groups excluding carboxylic acids is 1. The van der Waals surface area contributed by atoms with Crippen LogP contribution >= 0.6 is 0 Å². The highest BCUT2D eigenvalue weighted by Gasteiger charge is 2.34. The number of aliphatic hydroxyl groups is 1. The molecule has 0 spiro atoms. The van der Waals surface area contributed by atoms with E-state index in [0.717, 1.165) is 57.2 Å². The summed E-state index contributed by atoms with van der Waals surface area (Å²) in [4.78, 5) is 14.4. The van der Waals surface area contributed by atoms with Gasteiger partial charge in [-0.3, -0.25) is 4.79 Å². The Kier molecular flexibility index (Phi) is 5.00. The molecule has 2 fully saturated rings. The van der Waals surface area contributed by atoms with Gasteiger partial charge in [-0.1, -0.05) is 31.4 Å². The van der Waals surface area contributed by atoms with Gasteiger partial charge in [0.1, 0.15) is 5.82 Å². The Morgan fingerprint density at radius 3 is 2.35 bits per heavy atom. The largest absolute Gasteiger partial charge is 0.389 e. The molecule has 4 heteroatoms. The van der Waals surface area contributed by atoms with E-state index in [4.69, 9.17) is 0 Å². The number of nitrogens with zero attached hydrogens (tertiary/aromatic N) is 1. The normalized spacial score (nSPS) is 22.1. The van der Waals surface area contributed by atoms with E-state index in [1.165, 1.54) is 18.6 Å². The maximum Gasteiger partial charge on any atom is 0.225 e. The van der Waals surface area contributed by atoms with E-state index >= 15 is 0 Å². The SMILES string of the molecule is O=C(CC1(O)CCCCC1)N1CCC(c2ccc(F)cc2)CC1. The number of hydrogen-bond donors (Lipinski definition) is 1. The highest BCUT2D eigenvalue weighted by atomic mass is 19.1. The third-order valence-corrected chi connectivity index (χ3v) is 5.45. The van der Waals surface area contributed by atoms with Crippen molar-refractivity contribution >= 4 is 5.91 Å². The van der Waals surface area contributed by atoms with Crippen molar-refractivity contribution in [1.82, 2.24) is 4.90 Å². The Hall–Kier alpha value is -1.42. The van der Waals surface area contributed by atoms with Crippen molar-refractivity contribution < 1.29 is 14.3 Å². The summed E-state index contributed by atoms with van der Waals surface area (Å²) in [6.45, 7) is 1.47. The zero-order chi connectivity index (χ0) is 16.3. The number of piperidine rings is 1. The van der Waals surface area contributed by atoms with Crippen LogP contribution in [-0.4, -0.2) is 34.6 Å². The fraction of sp³-hybridized carbons (Fsp3) is 0.632. The first-order valence-corrected chi connectivity index (χ1v) is 8.81. The smallest absolute Gasteiger partial charge is 0.225 e. The van der Waals surface area contributed by atoms with Crippen LogP contribution in [0.4, 0.5) is 4.39 Å². The van der Waals surface area contributed by atoms with Crippen molar-refractivity contribution in [1.29, 1.82) is 0 Å². The van der Waals surface area contributed by atoms with E-state index in [2.05, 4.69) is 0 Å². The minimum absolute atomic E-state index is 0.0898. The molecule has 1 N–H and O–H groups in total. The van der Waals surface area contributed by atoms with Crippen LogP contribution in [0.1, 0.15) is 62.8 Å². The molecule has 23 heavy (non-hydrogen) atoms. The Morgan fingerprint density at radius 2 is 1.74 bits per heavy atom. The van der Waals surface area contributed by atoms with Gasteiger partial charge in [-0.25, -0.2) is 4.39 Å². The van der Waals surface area contributed by atoms with Gasteiger partial charge in [-0.05, 0) is 49.3 Å². The minimum atomic E-state index is -0.775. The lowest BCUT2D eigenvalue weighted by atomic mass is 9.82. The molecule has 0 radical (unpaired) electrons. The second kappa shape index (κ2) is 7.00. The number of benzene rings is 1. The Balaban J connectivity index is 1.52. The monoisotopic (exact) mass is 319 g/mol. The van der Waals surface area contributed by atoms with Crippen molar-refractivity contribution in [2.24, 2.45) is 0 Å². The summed E-state index contributed by atoms with van der Waals surface area (Å²) in [5.74, 6) is 0.284. The lowest BCUT2D eigenvalue weighted by molar-refractivity contribution is -0.138. The Morgan fingerprint density at radius 1 is 1.13 bits per heavy atom. The van der Waals surface area contributed by atoms with Gasteiger partial charge in [0.05, 0.1) is 12.0 Å². The second-order valence-electron chi connectivity index (χ2n) is 7.17. The summed E-state index contributed by atoms with van der Waals surface area (Å²) >= 11 is 0. The molecule has 1 heterocycles. The maximum atomic E-state index is 13.0. The third-order valence-electron chi connectivity index (χ3n) is 5.45. The molecule has 3 rings (SSSR count). The first kappa shape index (κ1) is 16.4. The quantitative estimate of drug-likeness (QED) is 0.924. The molecular formula is C19H26FNO2. The van der Waals surface area contributed by atoms with Crippen LogP contribution in [0.3, 0.4) is 0 Å². The molecule has 1 aromatic rings. The maximum absolute atomic E-state index is 13.0. The standard InChI is InChI=1S/C19H26FNO2/c20-17-6-4-15(5-7-17)16-8-12-21(13-9-16)18(22)14-19(23)10-2-1-3-11-19/h4-7,16,23H,1-3,8-14H2. The summed E-state index contributed by atoms with van der Waals surface area (Å²) in [5, 5.41) is 10.5. The van der Waals surface area contributed by atoms with Gasteiger partial charge in [-0.2, -0.15) is 0 Å². The topological polar surface area (TPSA) is 40.5 Å². The zero-order valence-electron chi connectivity index (χ0n) is 13.6. The highest BCUT2D eigenvalue weighted by molar-refractivity contribution is 5.77. The van der Waals surface area contributed by atoms with Crippen LogP contribution in [-0.2, 0) is 4.79 Å². The predicted molar refractivity (Wildman–Crippen MR) is 87.6 cm³/mol. The van der Waals surface area contributed by atoms with Crippen LogP contribution in [0.5, 0.6) is 0 Å². The molecule has 3 nitrogen and oxygen atoms in total. The van der Waals surface area contributed by atoms with Crippen LogP contribution in [0, 0.1) is 5.82 Å². The van der Waals surface area contributed by atoms with Gasteiger partial charge in [0.25, 0.3) is 0 Å². The van der Waals surface area contributed by atoms with Crippen molar-refractivity contribution in [3.63, 3.8) is 0 Å². The van der Waals surface area contributed by atoms with E-state index in [1.807, 2.05) is 17.0 Å². The molecular weight excluding hydrogens is 293 g/mol. The highest BCUT2D eigenvalue weighted by Crippen LogP contribution is 2.33. The molecule has 1 saturated carbocycles. The average Bonchev–Trinajstić information content (AvgIpc) is 2.56. The first-order valence-electron chi connectivity index (χ1n) is 8.81. The van der Waals surface area contributed by atoms with Crippen LogP contribution in [0.25, 0.3) is 0 Å². The van der Waals surface area contributed by atoms with Crippen molar-refractivity contribution in [3.8, 4) is 0 Å². The summed E-state index contributed by atoms with van der Waals surface area (Å²) < 4.78 is 13.0. The van der Waals surface area contributed by atoms with Gasteiger partial charge in [0.2, 0.25) is 5.91 Å². The van der Waals surface area contributed by atoms with E-state index in [1.54, 1.807) is 0 Å². The number of amides is 1. The molecule has 1 saturated heterocycles. The summed E-state index contributed by atoms with van der Waals surface area (Å²) in [7, 11) is 0. The van der Waals surface area contributed by atoms with Crippen LogP contribution < -0.4 is 0 Å². The second-order valence-corrected chi connectivity index (χ2v) is 7.17. The molecule has 1 aromatic carbocycles. The lowest BCUT2D eigenvalue weighted by Crippen LogP contribution is -2.43. The minimum Gasteiger partial charge on any atom is -0.389 e. The van der Waals surface area contributed by atoms with Gasteiger partial charge < -0.3 is 10.0 Å². The Bertz CT molecular complexity index is 529. The summed E-state index contributed by atoms with van der Waals surface area (Å²) in [6.07, 6.45) is 6.82. The molecule has 126 valence electrons.